The summed E-state index contributed by atoms with van der Waals surface area (Å²) in [7, 11) is 0. The molecule has 240 valence electrons. The van der Waals surface area contributed by atoms with Gasteiger partial charge in [-0.3, -0.25) is 29.3 Å². The molecule has 0 bridgehead atoms. The van der Waals surface area contributed by atoms with Crippen LogP contribution in [0.5, 0.6) is 11.5 Å². The van der Waals surface area contributed by atoms with Crippen LogP contribution in [0, 0.1) is 0 Å². The minimum Gasteiger partial charge on any atom is -0.508 e. The van der Waals surface area contributed by atoms with E-state index in [9.17, 15) is 34.8 Å². The minimum atomic E-state index is -2.44. The van der Waals surface area contributed by atoms with Gasteiger partial charge in [0.1, 0.15) is 48.6 Å². The highest BCUT2D eigenvalue weighted by Crippen LogP contribution is 2.36. The molecule has 0 aliphatic carbocycles. The highest BCUT2D eigenvalue weighted by Gasteiger charge is 2.58. The first-order valence-corrected chi connectivity index (χ1v) is 14.0. The highest BCUT2D eigenvalue weighted by atomic mass is 16.8. The van der Waals surface area contributed by atoms with Crippen molar-refractivity contribution in [2.24, 2.45) is 4.99 Å². The number of aliphatic hydroxyl groups excluding tert-OH is 2. The summed E-state index contributed by atoms with van der Waals surface area (Å²) < 4.78 is 22.6. The van der Waals surface area contributed by atoms with Gasteiger partial charge in [0.05, 0.1) is 36.0 Å². The van der Waals surface area contributed by atoms with E-state index in [2.05, 4.69) is 4.99 Å². The van der Waals surface area contributed by atoms with Crippen molar-refractivity contribution in [3.63, 3.8) is 0 Å². The van der Waals surface area contributed by atoms with Crippen molar-refractivity contribution in [1.29, 1.82) is 0 Å². The number of aliphatic carboxylic acids is 1. The lowest BCUT2D eigenvalue weighted by Gasteiger charge is -2.48. The van der Waals surface area contributed by atoms with Gasteiger partial charge in [0, 0.05) is 17.9 Å². The van der Waals surface area contributed by atoms with Crippen LogP contribution in [-0.2, 0) is 23.9 Å². The number of esters is 1. The van der Waals surface area contributed by atoms with Gasteiger partial charge < -0.3 is 44.2 Å². The normalized spacial score (nSPS) is 25.2. The van der Waals surface area contributed by atoms with Gasteiger partial charge in [-0.25, -0.2) is 0 Å². The van der Waals surface area contributed by atoms with E-state index in [1.807, 2.05) is 0 Å². The Kier molecular flexibility index (Phi) is 8.33. The summed E-state index contributed by atoms with van der Waals surface area (Å²) in [4.78, 5) is 46.2. The van der Waals surface area contributed by atoms with Crippen LogP contribution in [0.15, 0.2) is 86.5 Å². The van der Waals surface area contributed by atoms with Crippen molar-refractivity contribution in [3.8, 4) is 22.6 Å². The maximum atomic E-state index is 13.2. The van der Waals surface area contributed by atoms with E-state index in [0.717, 1.165) is 5.57 Å². The van der Waals surface area contributed by atoms with E-state index in [4.69, 9.17) is 28.6 Å². The monoisotopic (exact) mass is 636 g/mol. The molecule has 2 aromatic carbocycles. The first-order chi connectivity index (χ1) is 22.0. The number of rotatable bonds is 10. The molecule has 6 rings (SSSR count). The summed E-state index contributed by atoms with van der Waals surface area (Å²) in [6, 6.07) is 10.3. The number of carbonyl (C=O) groups is 2. The Labute approximate surface area is 259 Å². The van der Waals surface area contributed by atoms with Crippen molar-refractivity contribution in [2.75, 3.05) is 19.8 Å². The third-order valence-electron chi connectivity index (χ3n) is 7.71. The molecule has 0 radical (unpaired) electrons. The van der Waals surface area contributed by atoms with Crippen LogP contribution in [0.2, 0.25) is 0 Å². The molecule has 1 saturated heterocycles. The summed E-state index contributed by atoms with van der Waals surface area (Å²) in [5.41, 5.74) is -0.428. The van der Waals surface area contributed by atoms with E-state index >= 15 is 0 Å². The maximum absolute atomic E-state index is 13.2. The first-order valence-electron chi connectivity index (χ1n) is 14.0. The molecule has 5 unspecified atom stereocenters. The SMILES string of the molecule is O=C(O)CC(=O)OCC1OC(Oc2ccc3c(=O)c(-c4ccc(O)cc4)coc3c2)C(ON2C=C3N=CC=C3C2)C(O)(CO)C1O. The fourth-order valence-electron chi connectivity index (χ4n) is 5.28. The smallest absolute Gasteiger partial charge is 0.317 e. The molecule has 15 nitrogen and oxygen atoms in total. The average Bonchev–Trinajstić information content (AvgIpc) is 3.63. The van der Waals surface area contributed by atoms with Crippen LogP contribution in [0.3, 0.4) is 0 Å². The Morgan fingerprint density at radius 2 is 1.93 bits per heavy atom. The number of allylic oxidation sites excluding steroid dienone is 1. The Hall–Kier alpha value is -5.06. The molecule has 0 saturated carbocycles. The zero-order chi connectivity index (χ0) is 32.6. The third-order valence-corrected chi connectivity index (χ3v) is 7.71. The molecule has 1 fully saturated rings. The van der Waals surface area contributed by atoms with Gasteiger partial charge in [-0.15, -0.1) is 0 Å². The number of aliphatic imine (C=N–C) groups is 1. The van der Waals surface area contributed by atoms with Gasteiger partial charge in [0.2, 0.25) is 6.29 Å². The largest absolute Gasteiger partial charge is 0.508 e. The fourth-order valence-corrected chi connectivity index (χ4v) is 5.28. The zero-order valence-electron chi connectivity index (χ0n) is 23.9. The lowest BCUT2D eigenvalue weighted by molar-refractivity contribution is -0.361. The van der Waals surface area contributed by atoms with E-state index < -0.39 is 61.8 Å². The van der Waals surface area contributed by atoms with Crippen LogP contribution in [0.25, 0.3) is 22.1 Å². The van der Waals surface area contributed by atoms with E-state index in [1.165, 1.54) is 41.7 Å². The van der Waals surface area contributed by atoms with Gasteiger partial charge in [-0.05, 0) is 35.9 Å². The highest BCUT2D eigenvalue weighted by molar-refractivity contribution is 5.90. The van der Waals surface area contributed by atoms with Gasteiger partial charge in [-0.2, -0.15) is 0 Å². The number of fused-ring (bicyclic) bond motifs is 2. The molecule has 0 amide bonds. The van der Waals surface area contributed by atoms with E-state index in [1.54, 1.807) is 30.6 Å². The van der Waals surface area contributed by atoms with Crippen molar-refractivity contribution >= 4 is 29.1 Å². The number of carboxylic acids is 1. The average molecular weight is 637 g/mol. The molecule has 15 heteroatoms. The van der Waals surface area contributed by atoms with Gasteiger partial charge in [-0.1, -0.05) is 12.1 Å². The molecule has 4 heterocycles. The van der Waals surface area contributed by atoms with Crippen LogP contribution in [0.1, 0.15) is 6.42 Å². The van der Waals surface area contributed by atoms with Crippen molar-refractivity contribution < 1.29 is 58.6 Å². The molecule has 0 spiro atoms. The summed E-state index contributed by atoms with van der Waals surface area (Å²) in [6.07, 6.45) is -1.28. The van der Waals surface area contributed by atoms with E-state index in [-0.39, 0.29) is 40.0 Å². The van der Waals surface area contributed by atoms with Crippen LogP contribution < -0.4 is 10.2 Å². The maximum Gasteiger partial charge on any atom is 0.317 e. The standard InChI is InChI=1S/C31H28N2O13/c34-15-31(41)28(40)24(14-43-26(38)10-25(36)37)45-30(29(31)46-33-11-17-7-8-32-22(17)12-33)44-19-5-6-20-23(9-19)42-13-21(27(20)39)16-1-3-18(35)4-2-16/h1-9,12-13,24,28-30,34-35,40-41H,10-11,14-15H2,(H,36,37). The topological polar surface area (TPSA) is 218 Å². The molecule has 46 heavy (non-hydrogen) atoms. The number of hydrogen-bond acceptors (Lipinski definition) is 14. The predicted molar refractivity (Wildman–Crippen MR) is 156 cm³/mol. The first kappa shape index (κ1) is 30.9. The zero-order valence-corrected chi connectivity index (χ0v) is 23.9. The van der Waals surface area contributed by atoms with E-state index in [0.29, 0.717) is 11.3 Å². The molecular weight excluding hydrogens is 608 g/mol. The molecular formula is C31H28N2O13. The number of carboxylic acid groups (broad SMARTS) is 1. The number of phenols is 1. The number of aromatic hydroxyl groups is 1. The van der Waals surface area contributed by atoms with Crippen molar-refractivity contribution in [3.05, 3.63) is 82.5 Å². The number of aliphatic hydroxyl groups is 3. The van der Waals surface area contributed by atoms with Crippen LogP contribution in [-0.4, -0.2) is 98.7 Å². The fraction of sp³-hybridized carbons (Fsp3) is 0.290. The second-order valence-corrected chi connectivity index (χ2v) is 10.8. The molecule has 5 atom stereocenters. The van der Waals surface area contributed by atoms with Crippen molar-refractivity contribution in [2.45, 2.75) is 36.6 Å². The number of ether oxygens (including phenoxy) is 3. The Balaban J connectivity index is 1.30. The number of nitrogens with zero attached hydrogens (tertiary/aromatic N) is 2. The number of benzene rings is 2. The number of hydrogen-bond donors (Lipinski definition) is 5. The summed E-state index contributed by atoms with van der Waals surface area (Å²) in [5.74, 6) is -2.43. The lowest BCUT2D eigenvalue weighted by Crippen LogP contribution is -2.71. The lowest BCUT2D eigenvalue weighted by atomic mass is 9.84. The Bertz CT molecular complexity index is 1820. The molecule has 3 aromatic rings. The number of phenolic OH excluding ortho intramolecular Hbond substituents is 1. The number of carbonyl (C=O) groups excluding carboxylic acids is 1. The molecule has 5 N–H and O–H groups in total. The second kappa shape index (κ2) is 12.4. The number of hydroxylamine groups is 2. The molecule has 3 aliphatic heterocycles. The Morgan fingerprint density at radius 3 is 2.65 bits per heavy atom. The van der Waals surface area contributed by atoms with Gasteiger partial charge in [0.25, 0.3) is 0 Å². The summed E-state index contributed by atoms with van der Waals surface area (Å²) >= 11 is 0. The predicted octanol–water partition coefficient (Wildman–Crippen LogP) is 0.839. The Morgan fingerprint density at radius 1 is 1.15 bits per heavy atom. The van der Waals surface area contributed by atoms with Gasteiger partial charge in [0.15, 0.2) is 17.1 Å². The second-order valence-electron chi connectivity index (χ2n) is 10.8. The van der Waals surface area contributed by atoms with Crippen molar-refractivity contribution in [1.82, 2.24) is 5.06 Å². The third kappa shape index (κ3) is 5.96. The quantitative estimate of drug-likeness (QED) is 0.154. The minimum absolute atomic E-state index is 0.0408. The van der Waals surface area contributed by atoms with Crippen LogP contribution in [0.4, 0.5) is 0 Å². The summed E-state index contributed by atoms with van der Waals surface area (Å²) in [5, 5.41) is 52.9. The molecule has 3 aliphatic rings. The van der Waals surface area contributed by atoms with Crippen LogP contribution >= 0.6 is 0 Å². The van der Waals surface area contributed by atoms with Gasteiger partial charge >= 0.3 is 11.9 Å². The molecule has 1 aromatic heterocycles. The summed E-state index contributed by atoms with van der Waals surface area (Å²) in [6.45, 7) is -1.51.